The quantitative estimate of drug-likeness (QED) is 0.759. The summed E-state index contributed by atoms with van der Waals surface area (Å²) < 4.78 is 7.02. The summed E-state index contributed by atoms with van der Waals surface area (Å²) in [4.78, 5) is 12.7. The van der Waals surface area contributed by atoms with Gasteiger partial charge >= 0.3 is 0 Å². The van der Waals surface area contributed by atoms with Gasteiger partial charge in [0.05, 0.1) is 18.0 Å². The number of halogens is 2. The van der Waals surface area contributed by atoms with Crippen LogP contribution in [0.15, 0.2) is 24.3 Å². The molecule has 0 spiro atoms. The lowest BCUT2D eigenvalue weighted by Gasteiger charge is -2.37. The number of nitrogens with one attached hydrogen (secondary N) is 2. The molecule has 1 fully saturated rings. The van der Waals surface area contributed by atoms with E-state index in [2.05, 4.69) is 20.9 Å². The molecular weight excluding hydrogens is 389 g/mol. The first kappa shape index (κ1) is 21.6. The van der Waals surface area contributed by atoms with E-state index >= 15 is 0 Å². The number of hydrogen-bond acceptors (Lipinski definition) is 5. The number of methoxy groups -OCH3 is 1. The fraction of sp³-hybridized carbons (Fsp3) is 0.500. The van der Waals surface area contributed by atoms with Crippen molar-refractivity contribution < 1.29 is 9.53 Å². The molecule has 1 aliphatic rings. The molecule has 1 aliphatic heterocycles. The molecular formula is C18H25Cl2N5O2. The van der Waals surface area contributed by atoms with E-state index in [1.54, 1.807) is 23.9 Å². The van der Waals surface area contributed by atoms with E-state index in [0.717, 1.165) is 31.6 Å². The summed E-state index contributed by atoms with van der Waals surface area (Å²) in [5, 5.41) is 15.2. The average molecular weight is 414 g/mol. The van der Waals surface area contributed by atoms with Crippen molar-refractivity contribution in [2.24, 2.45) is 5.41 Å². The van der Waals surface area contributed by atoms with E-state index in [-0.39, 0.29) is 23.7 Å². The molecule has 2 heterocycles. The third kappa shape index (κ3) is 4.99. The van der Waals surface area contributed by atoms with E-state index in [0.29, 0.717) is 29.6 Å². The number of hydrogen-bond donors (Lipinski definition) is 2. The Bertz CT molecular complexity index is 769. The molecule has 1 aromatic heterocycles. The maximum atomic E-state index is 12.7. The maximum Gasteiger partial charge on any atom is 0.273 e. The molecule has 7 nitrogen and oxygen atoms in total. The van der Waals surface area contributed by atoms with Gasteiger partial charge in [-0.2, -0.15) is 0 Å². The molecule has 3 rings (SSSR count). The maximum absolute atomic E-state index is 12.7. The molecule has 2 aromatic rings. The lowest BCUT2D eigenvalue weighted by Crippen LogP contribution is -2.47. The predicted molar refractivity (Wildman–Crippen MR) is 107 cm³/mol. The number of ether oxygens (including phenoxy) is 1. The number of nitrogens with zero attached hydrogens (tertiary/aromatic N) is 3. The Morgan fingerprint density at radius 2 is 2.15 bits per heavy atom. The minimum atomic E-state index is -0.218. The minimum absolute atomic E-state index is 0. The van der Waals surface area contributed by atoms with Crippen molar-refractivity contribution >= 4 is 29.9 Å². The molecule has 9 heteroatoms. The Morgan fingerprint density at radius 3 is 2.81 bits per heavy atom. The summed E-state index contributed by atoms with van der Waals surface area (Å²) in [7, 11) is 1.70. The van der Waals surface area contributed by atoms with Crippen molar-refractivity contribution in [1.29, 1.82) is 0 Å². The van der Waals surface area contributed by atoms with Crippen LogP contribution in [0.3, 0.4) is 0 Å². The van der Waals surface area contributed by atoms with E-state index < -0.39 is 0 Å². The van der Waals surface area contributed by atoms with Gasteiger partial charge in [-0.1, -0.05) is 22.9 Å². The highest BCUT2D eigenvalue weighted by Crippen LogP contribution is 2.28. The summed E-state index contributed by atoms with van der Waals surface area (Å²) in [6, 6.07) is 7.29. The molecule has 2 N–H and O–H groups in total. The lowest BCUT2D eigenvalue weighted by molar-refractivity contribution is 0.0510. The largest absolute Gasteiger partial charge is 0.384 e. The zero-order chi connectivity index (χ0) is 18.6. The number of piperidine rings is 1. The number of carbonyl (C=O) groups is 1. The van der Waals surface area contributed by atoms with Crippen molar-refractivity contribution in [3.05, 3.63) is 40.7 Å². The van der Waals surface area contributed by atoms with Gasteiger partial charge in [0.15, 0.2) is 5.69 Å². The monoisotopic (exact) mass is 413 g/mol. The molecule has 0 radical (unpaired) electrons. The number of benzene rings is 1. The Labute approximate surface area is 170 Å². The molecule has 0 unspecified atom stereocenters. The van der Waals surface area contributed by atoms with Crippen LogP contribution in [-0.4, -0.2) is 54.3 Å². The lowest BCUT2D eigenvalue weighted by atomic mass is 9.79. The fourth-order valence-electron chi connectivity index (χ4n) is 3.38. The minimum Gasteiger partial charge on any atom is -0.384 e. The molecule has 1 saturated heterocycles. The first-order chi connectivity index (χ1) is 12.5. The van der Waals surface area contributed by atoms with Gasteiger partial charge < -0.3 is 15.4 Å². The number of aromatic nitrogens is 3. The topological polar surface area (TPSA) is 81.1 Å². The first-order valence-corrected chi connectivity index (χ1v) is 9.09. The van der Waals surface area contributed by atoms with Crippen LogP contribution in [0.25, 0.3) is 5.69 Å². The average Bonchev–Trinajstić information content (AvgIpc) is 3.02. The summed E-state index contributed by atoms with van der Waals surface area (Å²) in [5.74, 6) is -0.218. The zero-order valence-corrected chi connectivity index (χ0v) is 17.1. The third-order valence-corrected chi connectivity index (χ3v) is 5.14. The standard InChI is InChI=1S/C18H24ClN5O2.ClH/c1-13-16(22-23-24(13)15-5-3-4-14(19)10-15)17(25)21-11-18(12-26-2)6-8-20-9-7-18;/h3-5,10,20H,6-9,11-12H2,1-2H3,(H,21,25);1H. The van der Waals surface area contributed by atoms with Gasteiger partial charge in [-0.15, -0.1) is 17.5 Å². The summed E-state index contributed by atoms with van der Waals surface area (Å²) >= 11 is 6.04. The van der Waals surface area contributed by atoms with Crippen molar-refractivity contribution in [2.75, 3.05) is 33.4 Å². The molecule has 0 aliphatic carbocycles. The van der Waals surface area contributed by atoms with Gasteiger partial charge in [0.1, 0.15) is 0 Å². The van der Waals surface area contributed by atoms with Gasteiger partial charge in [-0.25, -0.2) is 4.68 Å². The Balaban J connectivity index is 0.00000261. The van der Waals surface area contributed by atoms with Crippen LogP contribution in [0.5, 0.6) is 0 Å². The zero-order valence-electron chi connectivity index (χ0n) is 15.5. The molecule has 0 atom stereocenters. The Kier molecular flexibility index (Phi) is 7.61. The molecule has 1 amide bonds. The molecule has 0 saturated carbocycles. The second kappa shape index (κ2) is 9.50. The van der Waals surface area contributed by atoms with Crippen molar-refractivity contribution in [3.8, 4) is 5.69 Å². The smallest absolute Gasteiger partial charge is 0.273 e. The van der Waals surface area contributed by atoms with Gasteiger partial charge in [0.2, 0.25) is 0 Å². The number of amides is 1. The summed E-state index contributed by atoms with van der Waals surface area (Å²) in [6.45, 7) is 4.88. The first-order valence-electron chi connectivity index (χ1n) is 8.71. The van der Waals surface area contributed by atoms with Gasteiger partial charge in [-0.3, -0.25) is 4.79 Å². The van der Waals surface area contributed by atoms with E-state index in [1.165, 1.54) is 0 Å². The summed E-state index contributed by atoms with van der Waals surface area (Å²) in [6.07, 6.45) is 1.94. The van der Waals surface area contributed by atoms with Gasteiger partial charge in [0.25, 0.3) is 5.91 Å². The van der Waals surface area contributed by atoms with E-state index in [4.69, 9.17) is 16.3 Å². The number of rotatable bonds is 6. The van der Waals surface area contributed by atoms with Crippen LogP contribution in [0.1, 0.15) is 29.0 Å². The number of carbonyl (C=O) groups excluding carboxylic acids is 1. The van der Waals surface area contributed by atoms with Gasteiger partial charge in [0, 0.05) is 24.1 Å². The van der Waals surface area contributed by atoms with E-state index in [9.17, 15) is 4.79 Å². The Hall–Kier alpha value is -1.67. The molecule has 27 heavy (non-hydrogen) atoms. The SMILES string of the molecule is COCC1(CNC(=O)c2nnn(-c3cccc(Cl)c3)c2C)CCNCC1.Cl. The van der Waals surface area contributed by atoms with Crippen LogP contribution >= 0.6 is 24.0 Å². The predicted octanol–water partition coefficient (Wildman–Crippen LogP) is 2.40. The van der Waals surface area contributed by atoms with Crippen LogP contribution in [0.2, 0.25) is 5.02 Å². The highest BCUT2D eigenvalue weighted by Gasteiger charge is 2.33. The van der Waals surface area contributed by atoms with Crippen molar-refractivity contribution in [2.45, 2.75) is 19.8 Å². The second-order valence-corrected chi connectivity index (χ2v) is 7.22. The van der Waals surface area contributed by atoms with Crippen LogP contribution in [0, 0.1) is 12.3 Å². The van der Waals surface area contributed by atoms with Gasteiger partial charge in [-0.05, 0) is 51.1 Å². The summed E-state index contributed by atoms with van der Waals surface area (Å²) in [5.41, 5.74) is 1.74. The highest BCUT2D eigenvalue weighted by atomic mass is 35.5. The molecule has 1 aromatic carbocycles. The van der Waals surface area contributed by atoms with Crippen LogP contribution in [-0.2, 0) is 4.74 Å². The van der Waals surface area contributed by atoms with Crippen molar-refractivity contribution in [1.82, 2.24) is 25.6 Å². The van der Waals surface area contributed by atoms with E-state index in [1.807, 2.05) is 19.1 Å². The second-order valence-electron chi connectivity index (χ2n) is 6.78. The molecule has 148 valence electrons. The Morgan fingerprint density at radius 1 is 1.41 bits per heavy atom. The fourth-order valence-corrected chi connectivity index (χ4v) is 3.56. The highest BCUT2D eigenvalue weighted by molar-refractivity contribution is 6.30. The third-order valence-electron chi connectivity index (χ3n) is 4.90. The normalized spacial score (nSPS) is 15.8. The molecule has 0 bridgehead atoms. The van der Waals surface area contributed by atoms with Crippen LogP contribution in [0.4, 0.5) is 0 Å². The van der Waals surface area contributed by atoms with Crippen LogP contribution < -0.4 is 10.6 Å². The van der Waals surface area contributed by atoms with Crippen molar-refractivity contribution in [3.63, 3.8) is 0 Å².